The molecule has 20 heavy (non-hydrogen) atoms. The molecule has 0 amide bonds. The van der Waals surface area contributed by atoms with E-state index >= 15 is 0 Å². The van der Waals surface area contributed by atoms with Gasteiger partial charge in [0.05, 0.1) is 6.61 Å². The number of hydrogen-bond acceptors (Lipinski definition) is 4. The van der Waals surface area contributed by atoms with Gasteiger partial charge in [0, 0.05) is 43.7 Å². The summed E-state index contributed by atoms with van der Waals surface area (Å²) in [5.74, 6) is 0. The first-order valence-corrected chi connectivity index (χ1v) is 8.21. The Balaban J connectivity index is 1.90. The number of ether oxygens (including phenoxy) is 1. The second-order valence-corrected chi connectivity index (χ2v) is 7.33. The number of likely N-dealkylation sites (tertiary alicyclic amines) is 1. The van der Waals surface area contributed by atoms with Crippen LogP contribution in [0.3, 0.4) is 0 Å². The Kier molecular flexibility index (Phi) is 5.84. The molecule has 0 aliphatic carbocycles. The molecule has 0 aromatic heterocycles. The van der Waals surface area contributed by atoms with Crippen LogP contribution in [-0.4, -0.2) is 75.4 Å². The van der Waals surface area contributed by atoms with E-state index in [-0.39, 0.29) is 0 Å². The summed E-state index contributed by atoms with van der Waals surface area (Å²) in [7, 11) is 4.42. The van der Waals surface area contributed by atoms with Gasteiger partial charge >= 0.3 is 0 Å². The van der Waals surface area contributed by atoms with Crippen molar-refractivity contribution >= 4 is 0 Å². The maximum atomic E-state index is 5.73. The normalized spacial score (nSPS) is 32.4. The van der Waals surface area contributed by atoms with E-state index in [1.807, 2.05) is 0 Å². The van der Waals surface area contributed by atoms with Gasteiger partial charge in [0.25, 0.3) is 0 Å². The fourth-order valence-electron chi connectivity index (χ4n) is 3.46. The first kappa shape index (κ1) is 16.2. The van der Waals surface area contributed by atoms with E-state index < -0.39 is 0 Å². The average molecular weight is 283 g/mol. The highest BCUT2D eigenvalue weighted by atomic mass is 16.5. The summed E-state index contributed by atoms with van der Waals surface area (Å²) >= 11 is 0. The third-order valence-corrected chi connectivity index (χ3v) is 4.84. The van der Waals surface area contributed by atoms with Crippen LogP contribution in [0.25, 0.3) is 0 Å². The van der Waals surface area contributed by atoms with Crippen LogP contribution in [0.15, 0.2) is 0 Å². The lowest BCUT2D eigenvalue weighted by molar-refractivity contribution is 0.0698. The minimum Gasteiger partial charge on any atom is -0.381 e. The fourth-order valence-corrected chi connectivity index (χ4v) is 3.46. The molecule has 2 unspecified atom stereocenters. The summed E-state index contributed by atoms with van der Waals surface area (Å²) in [5.41, 5.74) is 0.332. The van der Waals surface area contributed by atoms with E-state index in [9.17, 15) is 0 Å². The van der Waals surface area contributed by atoms with Crippen LogP contribution < -0.4 is 5.32 Å². The maximum Gasteiger partial charge on any atom is 0.0547 e. The van der Waals surface area contributed by atoms with Crippen LogP contribution in [0.4, 0.5) is 0 Å². The Morgan fingerprint density at radius 3 is 2.80 bits per heavy atom. The first-order chi connectivity index (χ1) is 9.51. The van der Waals surface area contributed by atoms with Gasteiger partial charge in [-0.25, -0.2) is 0 Å². The van der Waals surface area contributed by atoms with Crippen molar-refractivity contribution in [2.24, 2.45) is 5.41 Å². The molecule has 0 aromatic rings. The van der Waals surface area contributed by atoms with Gasteiger partial charge in [-0.05, 0) is 39.9 Å². The lowest BCUT2D eigenvalue weighted by Gasteiger charge is -2.41. The Bertz CT molecular complexity index is 287. The molecule has 0 aromatic carbocycles. The Morgan fingerprint density at radius 1 is 1.40 bits per heavy atom. The van der Waals surface area contributed by atoms with Crippen molar-refractivity contribution in [3.63, 3.8) is 0 Å². The van der Waals surface area contributed by atoms with Crippen LogP contribution >= 0.6 is 0 Å². The number of rotatable bonds is 6. The van der Waals surface area contributed by atoms with Crippen molar-refractivity contribution in [1.82, 2.24) is 15.1 Å². The fraction of sp³-hybridized carbons (Fsp3) is 1.00. The predicted molar refractivity (Wildman–Crippen MR) is 84.2 cm³/mol. The molecule has 118 valence electrons. The Labute approximate surface area is 124 Å². The van der Waals surface area contributed by atoms with Crippen molar-refractivity contribution < 1.29 is 4.74 Å². The molecule has 4 nitrogen and oxygen atoms in total. The molecule has 0 radical (unpaired) electrons. The van der Waals surface area contributed by atoms with Gasteiger partial charge in [0.15, 0.2) is 0 Å². The molecule has 2 aliphatic rings. The van der Waals surface area contributed by atoms with Crippen LogP contribution in [-0.2, 0) is 4.74 Å². The van der Waals surface area contributed by atoms with E-state index in [4.69, 9.17) is 4.74 Å². The molecule has 2 fully saturated rings. The van der Waals surface area contributed by atoms with Crippen molar-refractivity contribution in [1.29, 1.82) is 0 Å². The molecule has 2 heterocycles. The largest absolute Gasteiger partial charge is 0.381 e. The minimum atomic E-state index is 0.332. The van der Waals surface area contributed by atoms with Gasteiger partial charge in [0.1, 0.15) is 0 Å². The number of nitrogens with zero attached hydrogens (tertiary/aromatic N) is 2. The highest BCUT2D eigenvalue weighted by Crippen LogP contribution is 2.30. The molecule has 0 saturated carbocycles. The molecule has 0 spiro atoms. The van der Waals surface area contributed by atoms with Gasteiger partial charge in [0.2, 0.25) is 0 Å². The zero-order chi connectivity index (χ0) is 14.6. The highest BCUT2D eigenvalue weighted by molar-refractivity contribution is 4.91. The summed E-state index contributed by atoms with van der Waals surface area (Å²) in [6.07, 6.45) is 3.88. The van der Waals surface area contributed by atoms with Crippen LogP contribution in [0.1, 0.15) is 33.1 Å². The number of hydrogen-bond donors (Lipinski definition) is 1. The first-order valence-electron chi connectivity index (χ1n) is 8.21. The van der Waals surface area contributed by atoms with Crippen molar-refractivity contribution in [2.75, 3.05) is 53.5 Å². The van der Waals surface area contributed by atoms with Gasteiger partial charge in [-0.3, -0.25) is 0 Å². The highest BCUT2D eigenvalue weighted by Gasteiger charge is 2.37. The maximum absolute atomic E-state index is 5.73. The van der Waals surface area contributed by atoms with E-state index in [1.54, 1.807) is 0 Å². The number of likely N-dealkylation sites (N-methyl/N-ethyl adjacent to an activating group) is 1. The Hall–Kier alpha value is -0.160. The van der Waals surface area contributed by atoms with E-state index in [1.165, 1.54) is 38.9 Å². The van der Waals surface area contributed by atoms with Crippen molar-refractivity contribution in [3.8, 4) is 0 Å². The zero-order valence-electron chi connectivity index (χ0n) is 13.8. The molecule has 1 N–H and O–H groups in total. The third-order valence-electron chi connectivity index (χ3n) is 4.84. The smallest absolute Gasteiger partial charge is 0.0547 e. The SMILES string of the molecule is CC(C)NCC1(CN2CCCC(N(C)C)C2)CCOC1. The van der Waals surface area contributed by atoms with Crippen molar-refractivity contribution in [3.05, 3.63) is 0 Å². The van der Waals surface area contributed by atoms with Crippen LogP contribution in [0.2, 0.25) is 0 Å². The number of nitrogens with one attached hydrogen (secondary N) is 1. The lowest BCUT2D eigenvalue weighted by Crippen LogP contribution is -2.51. The standard InChI is InChI=1S/C16H33N3O/c1-14(2)17-11-16(7-9-20-13-16)12-19-8-5-6-15(10-19)18(3)4/h14-15,17H,5-13H2,1-4H3. The van der Waals surface area contributed by atoms with Crippen molar-refractivity contribution in [2.45, 2.75) is 45.2 Å². The lowest BCUT2D eigenvalue weighted by atomic mass is 9.85. The monoisotopic (exact) mass is 283 g/mol. The van der Waals surface area contributed by atoms with E-state index in [0.29, 0.717) is 11.5 Å². The van der Waals surface area contributed by atoms with Crippen LogP contribution in [0, 0.1) is 5.41 Å². The van der Waals surface area contributed by atoms with Crippen LogP contribution in [0.5, 0.6) is 0 Å². The second kappa shape index (κ2) is 7.21. The topological polar surface area (TPSA) is 27.7 Å². The van der Waals surface area contributed by atoms with Gasteiger partial charge < -0.3 is 19.9 Å². The molecular formula is C16H33N3O. The summed E-state index contributed by atoms with van der Waals surface area (Å²) in [6.45, 7) is 11.1. The molecule has 2 aliphatic heterocycles. The summed E-state index contributed by atoms with van der Waals surface area (Å²) in [6, 6.07) is 1.28. The van der Waals surface area contributed by atoms with E-state index in [2.05, 4.69) is 43.1 Å². The second-order valence-electron chi connectivity index (χ2n) is 7.33. The van der Waals surface area contributed by atoms with Gasteiger partial charge in [-0.15, -0.1) is 0 Å². The third kappa shape index (κ3) is 4.42. The number of piperidine rings is 1. The molecule has 0 bridgehead atoms. The molecule has 4 heteroatoms. The summed E-state index contributed by atoms with van der Waals surface area (Å²) < 4.78 is 5.73. The molecule has 2 rings (SSSR count). The summed E-state index contributed by atoms with van der Waals surface area (Å²) in [4.78, 5) is 5.06. The minimum absolute atomic E-state index is 0.332. The predicted octanol–water partition coefficient (Wildman–Crippen LogP) is 1.42. The Morgan fingerprint density at radius 2 is 2.20 bits per heavy atom. The average Bonchev–Trinajstić information content (AvgIpc) is 2.86. The zero-order valence-corrected chi connectivity index (χ0v) is 13.8. The van der Waals surface area contributed by atoms with E-state index in [0.717, 1.165) is 25.8 Å². The van der Waals surface area contributed by atoms with Gasteiger partial charge in [-0.2, -0.15) is 0 Å². The molecular weight excluding hydrogens is 250 g/mol. The quantitative estimate of drug-likeness (QED) is 0.798. The summed E-state index contributed by atoms with van der Waals surface area (Å²) in [5, 5.41) is 3.63. The van der Waals surface area contributed by atoms with Gasteiger partial charge in [-0.1, -0.05) is 13.8 Å². The molecule has 2 atom stereocenters. The molecule has 2 saturated heterocycles.